The van der Waals surface area contributed by atoms with Gasteiger partial charge in [-0.05, 0) is 43.5 Å². The molecule has 5 nitrogen and oxygen atoms in total. The molecule has 0 aliphatic carbocycles. The molecule has 3 N–H and O–H groups in total. The lowest BCUT2D eigenvalue weighted by molar-refractivity contribution is -0.124. The number of hydrogen-bond donors (Lipinski definition) is 3. The van der Waals surface area contributed by atoms with Gasteiger partial charge in [0.15, 0.2) is 0 Å². The Bertz CT molecular complexity index is 614. The van der Waals surface area contributed by atoms with Crippen molar-refractivity contribution in [3.63, 3.8) is 0 Å². The predicted octanol–water partition coefficient (Wildman–Crippen LogP) is 0.347. The second-order valence-electron chi connectivity index (χ2n) is 5.01. The van der Waals surface area contributed by atoms with E-state index in [-0.39, 0.29) is 18.4 Å². The molecule has 0 saturated carbocycles. The summed E-state index contributed by atoms with van der Waals surface area (Å²) in [6.45, 7) is 2.31. The molecule has 2 amide bonds. The molecule has 1 unspecified atom stereocenters. The second kappa shape index (κ2) is 6.91. The zero-order valence-corrected chi connectivity index (χ0v) is 11.9. The maximum absolute atomic E-state index is 12.2. The molecule has 1 saturated heterocycles. The number of hydrogen-bond acceptors (Lipinski definition) is 3. The van der Waals surface area contributed by atoms with E-state index in [1.165, 1.54) is 0 Å². The zero-order valence-electron chi connectivity index (χ0n) is 11.9. The number of nitrogens with one attached hydrogen (secondary N) is 2. The van der Waals surface area contributed by atoms with Gasteiger partial charge in [-0.2, -0.15) is 0 Å². The van der Waals surface area contributed by atoms with Crippen LogP contribution in [0.5, 0.6) is 0 Å². The Morgan fingerprint density at radius 1 is 1.48 bits per heavy atom. The number of benzene rings is 1. The molecule has 5 heteroatoms. The smallest absolute Gasteiger partial charge is 0.251 e. The first-order valence-electron chi connectivity index (χ1n) is 6.90. The summed E-state index contributed by atoms with van der Waals surface area (Å²) in [6, 6.07) is 4.78. The third kappa shape index (κ3) is 4.07. The van der Waals surface area contributed by atoms with E-state index in [2.05, 4.69) is 22.5 Å². The Labute approximate surface area is 123 Å². The first-order valence-corrected chi connectivity index (χ1v) is 6.90. The fraction of sp³-hybridized carbons (Fsp3) is 0.375. The molecule has 1 aliphatic rings. The van der Waals surface area contributed by atoms with Crippen LogP contribution in [0.15, 0.2) is 18.2 Å². The summed E-state index contributed by atoms with van der Waals surface area (Å²) in [4.78, 5) is 23.9. The Kier molecular flexibility index (Phi) is 4.96. The maximum Gasteiger partial charge on any atom is 0.251 e. The normalized spacial score (nSPS) is 17.4. The van der Waals surface area contributed by atoms with Crippen LogP contribution in [0.3, 0.4) is 0 Å². The van der Waals surface area contributed by atoms with E-state index in [4.69, 9.17) is 5.11 Å². The molecule has 0 spiro atoms. The second-order valence-corrected chi connectivity index (χ2v) is 5.01. The van der Waals surface area contributed by atoms with Gasteiger partial charge in [-0.15, -0.1) is 0 Å². The topological polar surface area (TPSA) is 78.4 Å². The van der Waals surface area contributed by atoms with E-state index >= 15 is 0 Å². The number of rotatable bonds is 2. The summed E-state index contributed by atoms with van der Waals surface area (Å²) in [5.74, 6) is 4.92. The fourth-order valence-electron chi connectivity index (χ4n) is 2.28. The molecular formula is C16H18N2O3. The van der Waals surface area contributed by atoms with E-state index in [1.54, 1.807) is 12.1 Å². The molecule has 1 aromatic rings. The van der Waals surface area contributed by atoms with Gasteiger partial charge in [-0.1, -0.05) is 11.8 Å². The maximum atomic E-state index is 12.2. The first-order chi connectivity index (χ1) is 10.1. The van der Waals surface area contributed by atoms with E-state index in [0.717, 1.165) is 12.0 Å². The summed E-state index contributed by atoms with van der Waals surface area (Å²) in [6.07, 6.45) is 1.51. The Morgan fingerprint density at radius 3 is 3.00 bits per heavy atom. The van der Waals surface area contributed by atoms with Gasteiger partial charge in [0.1, 0.15) is 12.6 Å². The summed E-state index contributed by atoms with van der Waals surface area (Å²) in [7, 11) is 0. The van der Waals surface area contributed by atoms with E-state index in [9.17, 15) is 9.59 Å². The van der Waals surface area contributed by atoms with Crippen LogP contribution >= 0.6 is 0 Å². The third-order valence-corrected chi connectivity index (χ3v) is 3.24. The number of carbonyl (C=O) groups excluding carboxylic acids is 2. The minimum absolute atomic E-state index is 0.137. The van der Waals surface area contributed by atoms with Crippen molar-refractivity contribution in [1.82, 2.24) is 10.6 Å². The van der Waals surface area contributed by atoms with Crippen LogP contribution in [-0.4, -0.2) is 36.1 Å². The van der Waals surface area contributed by atoms with Crippen molar-refractivity contribution >= 4 is 11.8 Å². The number of piperidine rings is 1. The number of aliphatic hydroxyl groups is 1. The van der Waals surface area contributed by atoms with Gasteiger partial charge in [-0.25, -0.2) is 0 Å². The monoisotopic (exact) mass is 286 g/mol. The number of amides is 2. The zero-order chi connectivity index (χ0) is 15.2. The molecule has 1 aromatic carbocycles. The van der Waals surface area contributed by atoms with Gasteiger partial charge in [0, 0.05) is 17.7 Å². The Morgan fingerprint density at radius 2 is 2.29 bits per heavy atom. The van der Waals surface area contributed by atoms with Crippen LogP contribution in [0.2, 0.25) is 0 Å². The largest absolute Gasteiger partial charge is 0.384 e. The number of aryl methyl sites for hydroxylation is 1. The SMILES string of the molecule is Cc1cc(C#CCO)cc(C(=O)NC2CCCNC2=O)c1. The lowest BCUT2D eigenvalue weighted by atomic mass is 10.0. The molecule has 0 bridgehead atoms. The van der Waals surface area contributed by atoms with Crippen molar-refractivity contribution in [1.29, 1.82) is 0 Å². The van der Waals surface area contributed by atoms with Gasteiger partial charge >= 0.3 is 0 Å². The van der Waals surface area contributed by atoms with Crippen molar-refractivity contribution < 1.29 is 14.7 Å². The average Bonchev–Trinajstić information content (AvgIpc) is 2.47. The highest BCUT2D eigenvalue weighted by Gasteiger charge is 2.24. The molecule has 110 valence electrons. The van der Waals surface area contributed by atoms with Crippen LogP contribution in [0.25, 0.3) is 0 Å². The minimum Gasteiger partial charge on any atom is -0.384 e. The average molecular weight is 286 g/mol. The molecule has 1 atom stereocenters. The van der Waals surface area contributed by atoms with Gasteiger partial charge in [0.25, 0.3) is 5.91 Å². The summed E-state index contributed by atoms with van der Waals surface area (Å²) in [5, 5.41) is 14.2. The highest BCUT2D eigenvalue weighted by atomic mass is 16.2. The van der Waals surface area contributed by atoms with E-state index in [1.807, 2.05) is 13.0 Å². The van der Waals surface area contributed by atoms with Crippen LogP contribution in [0.4, 0.5) is 0 Å². The molecule has 21 heavy (non-hydrogen) atoms. The molecule has 2 rings (SSSR count). The van der Waals surface area contributed by atoms with Crippen molar-refractivity contribution in [3.05, 3.63) is 34.9 Å². The highest BCUT2D eigenvalue weighted by Crippen LogP contribution is 2.11. The molecule has 0 aromatic heterocycles. The number of carbonyl (C=O) groups is 2. The lowest BCUT2D eigenvalue weighted by Gasteiger charge is -2.22. The summed E-state index contributed by atoms with van der Waals surface area (Å²) >= 11 is 0. The fourth-order valence-corrected chi connectivity index (χ4v) is 2.28. The van der Waals surface area contributed by atoms with Crippen LogP contribution in [-0.2, 0) is 4.79 Å². The van der Waals surface area contributed by atoms with Crippen LogP contribution < -0.4 is 10.6 Å². The van der Waals surface area contributed by atoms with Crippen molar-refractivity contribution in [2.24, 2.45) is 0 Å². The van der Waals surface area contributed by atoms with Crippen LogP contribution in [0, 0.1) is 18.8 Å². The van der Waals surface area contributed by atoms with Crippen molar-refractivity contribution in [2.75, 3.05) is 13.2 Å². The van der Waals surface area contributed by atoms with Gasteiger partial charge < -0.3 is 15.7 Å². The molecular weight excluding hydrogens is 268 g/mol. The quantitative estimate of drug-likeness (QED) is 0.686. The lowest BCUT2D eigenvalue weighted by Crippen LogP contribution is -2.50. The van der Waals surface area contributed by atoms with Crippen molar-refractivity contribution in [2.45, 2.75) is 25.8 Å². The summed E-state index contributed by atoms with van der Waals surface area (Å²) < 4.78 is 0. The molecule has 0 radical (unpaired) electrons. The third-order valence-electron chi connectivity index (χ3n) is 3.24. The standard InChI is InChI=1S/C16H18N2O3/c1-11-8-12(4-3-7-19)10-13(9-11)15(20)18-14-5-2-6-17-16(14)21/h8-10,14,19H,2,5-7H2,1H3,(H,17,21)(H,18,20). The highest BCUT2D eigenvalue weighted by molar-refractivity contribution is 5.98. The van der Waals surface area contributed by atoms with E-state index < -0.39 is 6.04 Å². The first kappa shape index (κ1) is 15.1. The molecule has 1 aliphatic heterocycles. The minimum atomic E-state index is -0.473. The Hall–Kier alpha value is -2.32. The Balaban J connectivity index is 2.14. The van der Waals surface area contributed by atoms with E-state index in [0.29, 0.717) is 24.1 Å². The molecule has 1 heterocycles. The van der Waals surface area contributed by atoms with Gasteiger partial charge in [0.05, 0.1) is 0 Å². The van der Waals surface area contributed by atoms with Gasteiger partial charge in [0.2, 0.25) is 5.91 Å². The van der Waals surface area contributed by atoms with Crippen molar-refractivity contribution in [3.8, 4) is 11.8 Å². The molecule has 1 fully saturated rings. The number of aliphatic hydroxyl groups excluding tert-OH is 1. The van der Waals surface area contributed by atoms with Gasteiger partial charge in [-0.3, -0.25) is 9.59 Å². The predicted molar refractivity (Wildman–Crippen MR) is 78.6 cm³/mol. The summed E-state index contributed by atoms with van der Waals surface area (Å²) in [5.41, 5.74) is 2.04. The van der Waals surface area contributed by atoms with Crippen LogP contribution in [0.1, 0.15) is 34.3 Å².